The van der Waals surface area contributed by atoms with Crippen molar-refractivity contribution in [2.24, 2.45) is 0 Å². The Hall–Kier alpha value is -4.91. The number of nitrogens with one attached hydrogen (secondary N) is 3. The average Bonchev–Trinajstić information content (AvgIpc) is 3.42. The minimum absolute atomic E-state index is 0.838. The highest BCUT2D eigenvalue weighted by atomic mass is 15.1. The molecule has 43 heavy (non-hydrogen) atoms. The molecule has 0 aliphatic rings. The molecule has 220 valence electrons. The van der Waals surface area contributed by atoms with Crippen molar-refractivity contribution in [3.63, 3.8) is 0 Å². The maximum Gasteiger partial charge on any atom is 0.138 e. The van der Waals surface area contributed by atoms with Gasteiger partial charge in [0, 0.05) is 76.4 Å². The minimum atomic E-state index is 0.838. The van der Waals surface area contributed by atoms with Crippen LogP contribution in [0.25, 0.3) is 28.5 Å². The van der Waals surface area contributed by atoms with Gasteiger partial charge in [-0.25, -0.2) is 4.98 Å². The van der Waals surface area contributed by atoms with E-state index in [1.165, 1.54) is 5.70 Å². The molecular weight excluding hydrogens is 530 g/mol. The van der Waals surface area contributed by atoms with E-state index in [2.05, 4.69) is 119 Å². The number of hydrogen-bond donors (Lipinski definition) is 3. The van der Waals surface area contributed by atoms with Crippen LogP contribution in [0.1, 0.15) is 50.6 Å². The largest absolute Gasteiger partial charge is 0.372 e. The van der Waals surface area contributed by atoms with Crippen molar-refractivity contribution in [1.29, 1.82) is 0 Å². The van der Waals surface area contributed by atoms with Gasteiger partial charge >= 0.3 is 0 Å². The lowest BCUT2D eigenvalue weighted by Crippen LogP contribution is -2.24. The predicted octanol–water partition coefficient (Wildman–Crippen LogP) is 9.16. The van der Waals surface area contributed by atoms with Crippen LogP contribution in [0.5, 0.6) is 0 Å². The summed E-state index contributed by atoms with van der Waals surface area (Å²) in [6, 6.07) is 20.6. The fourth-order valence-electron chi connectivity index (χ4n) is 5.22. The minimum Gasteiger partial charge on any atom is -0.372 e. The van der Waals surface area contributed by atoms with Crippen LogP contribution in [-0.4, -0.2) is 37.9 Å². The Morgan fingerprint density at radius 3 is 2.28 bits per heavy atom. The first-order valence-corrected chi connectivity index (χ1v) is 15.1. The van der Waals surface area contributed by atoms with E-state index in [1.54, 1.807) is 0 Å². The molecule has 0 saturated heterocycles. The third-order valence-electron chi connectivity index (χ3n) is 7.28. The van der Waals surface area contributed by atoms with Crippen molar-refractivity contribution in [2.75, 3.05) is 23.7 Å². The standard InChI is InChI=1S/C36H41N7/c1-6-9-31(43(20-7-2)21-8-3)24-32-26(5)38-19-17-33(32)40-28-12-10-27(11-13-28)36-41-34-15-14-29(23-35(34)42-36)39-30-16-18-37-25(4)22-30/h6,9-19,22-24H,7-8,20-21H2,1-5H3,(H,37,39)(H,38,40)(H,41,42)/b9-6-,31-24+. The van der Waals surface area contributed by atoms with E-state index in [-0.39, 0.29) is 0 Å². The number of pyridine rings is 2. The number of hydrogen-bond acceptors (Lipinski definition) is 6. The van der Waals surface area contributed by atoms with Gasteiger partial charge in [-0.1, -0.05) is 19.9 Å². The zero-order chi connectivity index (χ0) is 30.2. The topological polar surface area (TPSA) is 81.8 Å². The van der Waals surface area contributed by atoms with E-state index in [0.717, 1.165) is 88.1 Å². The molecule has 3 heterocycles. The number of H-pyrrole nitrogens is 1. The van der Waals surface area contributed by atoms with Crippen LogP contribution in [0.4, 0.5) is 22.7 Å². The highest BCUT2D eigenvalue weighted by Crippen LogP contribution is 2.29. The zero-order valence-electron chi connectivity index (χ0n) is 25.8. The predicted molar refractivity (Wildman–Crippen MR) is 181 cm³/mol. The van der Waals surface area contributed by atoms with Crippen LogP contribution >= 0.6 is 0 Å². The fourth-order valence-corrected chi connectivity index (χ4v) is 5.22. The van der Waals surface area contributed by atoms with Crippen molar-refractivity contribution in [3.05, 3.63) is 108 Å². The summed E-state index contributed by atoms with van der Waals surface area (Å²) < 4.78 is 0. The Labute approximate surface area is 254 Å². The highest BCUT2D eigenvalue weighted by Gasteiger charge is 2.11. The van der Waals surface area contributed by atoms with E-state index >= 15 is 0 Å². The molecular formula is C36H41N7. The molecule has 7 nitrogen and oxygen atoms in total. The van der Waals surface area contributed by atoms with Crippen LogP contribution in [0.15, 0.2) is 90.9 Å². The number of aromatic amines is 1. The normalized spacial score (nSPS) is 11.8. The Kier molecular flexibility index (Phi) is 9.52. The molecule has 0 saturated carbocycles. The van der Waals surface area contributed by atoms with Crippen LogP contribution in [0.3, 0.4) is 0 Å². The van der Waals surface area contributed by atoms with E-state index in [9.17, 15) is 0 Å². The third kappa shape index (κ3) is 7.30. The van der Waals surface area contributed by atoms with E-state index < -0.39 is 0 Å². The smallest absolute Gasteiger partial charge is 0.138 e. The summed E-state index contributed by atoms with van der Waals surface area (Å²) in [5.41, 5.74) is 11.2. The molecule has 7 heteroatoms. The molecule has 0 aliphatic carbocycles. The number of nitrogens with zero attached hydrogens (tertiary/aromatic N) is 4. The van der Waals surface area contributed by atoms with Gasteiger partial charge in [-0.05, 0) is 106 Å². The first kappa shape index (κ1) is 29.6. The average molecular weight is 572 g/mol. The molecule has 0 spiro atoms. The first-order chi connectivity index (χ1) is 21.0. The first-order valence-electron chi connectivity index (χ1n) is 15.1. The summed E-state index contributed by atoms with van der Waals surface area (Å²) in [4.78, 5) is 19.7. The molecule has 0 amide bonds. The lowest BCUT2D eigenvalue weighted by atomic mass is 10.1. The van der Waals surface area contributed by atoms with Crippen molar-refractivity contribution in [2.45, 2.75) is 47.5 Å². The Bertz CT molecular complexity index is 1720. The quantitative estimate of drug-likeness (QED) is 0.130. The number of fused-ring (bicyclic) bond motifs is 1. The van der Waals surface area contributed by atoms with Gasteiger partial charge in [0.05, 0.1) is 11.0 Å². The van der Waals surface area contributed by atoms with E-state index in [1.807, 2.05) is 37.5 Å². The van der Waals surface area contributed by atoms with Crippen molar-refractivity contribution >= 4 is 39.9 Å². The van der Waals surface area contributed by atoms with Crippen LogP contribution in [0.2, 0.25) is 0 Å². The third-order valence-corrected chi connectivity index (χ3v) is 7.28. The number of aryl methyl sites for hydroxylation is 2. The summed E-state index contributed by atoms with van der Waals surface area (Å²) in [7, 11) is 0. The second-order valence-corrected chi connectivity index (χ2v) is 10.7. The SMILES string of the molecule is C/C=C\C(=C/c1c(Nc2ccc(-c3nc4cc(Nc5ccnc(C)c5)ccc4[nH]3)cc2)ccnc1C)N(CCC)CCC. The summed E-state index contributed by atoms with van der Waals surface area (Å²) in [6.07, 6.45) is 12.5. The molecule has 0 bridgehead atoms. The van der Waals surface area contributed by atoms with Gasteiger partial charge < -0.3 is 20.5 Å². The number of imidazole rings is 1. The van der Waals surface area contributed by atoms with Crippen molar-refractivity contribution < 1.29 is 0 Å². The van der Waals surface area contributed by atoms with Gasteiger partial charge in [0.15, 0.2) is 0 Å². The molecule has 0 aliphatic heterocycles. The van der Waals surface area contributed by atoms with Crippen LogP contribution in [0, 0.1) is 13.8 Å². The molecule has 2 aromatic carbocycles. The van der Waals surface area contributed by atoms with Gasteiger partial charge in [0.25, 0.3) is 0 Å². The lowest BCUT2D eigenvalue weighted by Gasteiger charge is -2.25. The molecule has 0 atom stereocenters. The second-order valence-electron chi connectivity index (χ2n) is 10.7. The van der Waals surface area contributed by atoms with E-state index in [0.29, 0.717) is 0 Å². The molecule has 5 rings (SSSR count). The summed E-state index contributed by atoms with van der Waals surface area (Å²) in [5.74, 6) is 0.838. The monoisotopic (exact) mass is 571 g/mol. The highest BCUT2D eigenvalue weighted by molar-refractivity contribution is 5.84. The lowest BCUT2D eigenvalue weighted by molar-refractivity contribution is 0.357. The Morgan fingerprint density at radius 1 is 0.837 bits per heavy atom. The molecule has 0 radical (unpaired) electrons. The summed E-state index contributed by atoms with van der Waals surface area (Å²) in [6.45, 7) is 12.6. The summed E-state index contributed by atoms with van der Waals surface area (Å²) in [5, 5.41) is 7.08. The Morgan fingerprint density at radius 2 is 1.56 bits per heavy atom. The number of aromatic nitrogens is 4. The summed E-state index contributed by atoms with van der Waals surface area (Å²) >= 11 is 0. The van der Waals surface area contributed by atoms with Crippen LogP contribution < -0.4 is 10.6 Å². The van der Waals surface area contributed by atoms with Gasteiger partial charge in [0.2, 0.25) is 0 Å². The maximum atomic E-state index is 4.88. The van der Waals surface area contributed by atoms with E-state index in [4.69, 9.17) is 4.98 Å². The molecule has 0 unspecified atom stereocenters. The second kappa shape index (κ2) is 13.8. The Balaban J connectivity index is 1.37. The van der Waals surface area contributed by atoms with Gasteiger partial charge in [-0.2, -0.15) is 0 Å². The van der Waals surface area contributed by atoms with Gasteiger partial charge in [-0.3, -0.25) is 9.97 Å². The number of allylic oxidation sites excluding steroid dienone is 2. The van der Waals surface area contributed by atoms with Crippen molar-refractivity contribution in [3.8, 4) is 11.4 Å². The van der Waals surface area contributed by atoms with Crippen LogP contribution in [-0.2, 0) is 0 Å². The zero-order valence-corrected chi connectivity index (χ0v) is 25.8. The molecule has 0 fully saturated rings. The molecule has 3 aromatic heterocycles. The number of benzene rings is 2. The molecule has 3 N–H and O–H groups in total. The van der Waals surface area contributed by atoms with Gasteiger partial charge in [-0.15, -0.1) is 0 Å². The molecule has 5 aromatic rings. The fraction of sp³-hybridized carbons (Fsp3) is 0.250. The number of rotatable bonds is 12. The maximum absolute atomic E-state index is 4.88. The van der Waals surface area contributed by atoms with Crippen molar-refractivity contribution in [1.82, 2.24) is 24.8 Å². The van der Waals surface area contributed by atoms with Gasteiger partial charge in [0.1, 0.15) is 5.82 Å². The number of anilines is 4.